The molecular formula is C12H23NO3. The highest BCUT2D eigenvalue weighted by Gasteiger charge is 2.28. The summed E-state index contributed by atoms with van der Waals surface area (Å²) in [5, 5.41) is 9.01. The van der Waals surface area contributed by atoms with Crippen LogP contribution < -0.4 is 0 Å². The summed E-state index contributed by atoms with van der Waals surface area (Å²) in [6.45, 7) is 6.17. The maximum absolute atomic E-state index is 11.9. The van der Waals surface area contributed by atoms with Crippen LogP contribution in [-0.2, 0) is 9.53 Å². The highest BCUT2D eigenvalue weighted by Crippen LogP contribution is 2.16. The van der Waals surface area contributed by atoms with E-state index in [1.807, 2.05) is 6.92 Å². The molecule has 0 aromatic carbocycles. The predicted molar refractivity (Wildman–Crippen MR) is 62.1 cm³/mol. The fourth-order valence-electron chi connectivity index (χ4n) is 1.91. The molecule has 4 nitrogen and oxygen atoms in total. The van der Waals surface area contributed by atoms with Crippen LogP contribution in [0.2, 0.25) is 0 Å². The van der Waals surface area contributed by atoms with E-state index in [1.165, 1.54) is 0 Å². The molecular weight excluding hydrogens is 206 g/mol. The van der Waals surface area contributed by atoms with Crippen molar-refractivity contribution >= 4 is 5.91 Å². The van der Waals surface area contributed by atoms with Crippen molar-refractivity contribution in [2.24, 2.45) is 5.92 Å². The zero-order chi connectivity index (χ0) is 12.0. The molecule has 0 bridgehead atoms. The smallest absolute Gasteiger partial charge is 0.251 e. The molecule has 1 rings (SSSR count). The number of carbonyl (C=O) groups excluding carboxylic acids is 1. The van der Waals surface area contributed by atoms with Gasteiger partial charge >= 0.3 is 0 Å². The van der Waals surface area contributed by atoms with Crippen molar-refractivity contribution < 1.29 is 14.6 Å². The first-order valence-corrected chi connectivity index (χ1v) is 6.20. The average molecular weight is 229 g/mol. The Hall–Kier alpha value is -0.610. The lowest BCUT2D eigenvalue weighted by atomic mass is 10.1. The minimum absolute atomic E-state index is 0.0621. The van der Waals surface area contributed by atoms with Crippen molar-refractivity contribution in [3.63, 3.8) is 0 Å². The van der Waals surface area contributed by atoms with Crippen molar-refractivity contribution in [3.8, 4) is 0 Å². The van der Waals surface area contributed by atoms with Crippen LogP contribution in [0.1, 0.15) is 33.1 Å². The van der Waals surface area contributed by atoms with Gasteiger partial charge in [-0.25, -0.2) is 0 Å². The molecule has 16 heavy (non-hydrogen) atoms. The molecule has 0 saturated carbocycles. The number of hydrogen-bond acceptors (Lipinski definition) is 3. The van der Waals surface area contributed by atoms with E-state index in [9.17, 15) is 4.79 Å². The molecule has 2 atom stereocenters. The van der Waals surface area contributed by atoms with Crippen LogP contribution in [0.4, 0.5) is 0 Å². The predicted octanol–water partition coefficient (Wildman–Crippen LogP) is 1.03. The highest BCUT2D eigenvalue weighted by atomic mass is 16.5. The van der Waals surface area contributed by atoms with Gasteiger partial charge in [-0.1, -0.05) is 13.3 Å². The first-order valence-electron chi connectivity index (χ1n) is 6.20. The Balaban J connectivity index is 2.28. The van der Waals surface area contributed by atoms with Gasteiger partial charge in [-0.2, -0.15) is 0 Å². The quantitative estimate of drug-likeness (QED) is 0.692. The molecule has 1 amide bonds. The standard InChI is InChI=1S/C12H23NO3/c1-3-4-7-16-10(2)12(15)13-6-5-11(8-13)9-14/h10-11,14H,3-9H2,1-2H3. The zero-order valence-electron chi connectivity index (χ0n) is 10.3. The normalized spacial score (nSPS) is 22.4. The van der Waals surface area contributed by atoms with Crippen LogP contribution in [0.5, 0.6) is 0 Å². The van der Waals surface area contributed by atoms with Gasteiger partial charge in [0.05, 0.1) is 0 Å². The summed E-state index contributed by atoms with van der Waals surface area (Å²) in [6.07, 6.45) is 2.64. The summed E-state index contributed by atoms with van der Waals surface area (Å²) < 4.78 is 5.47. The van der Waals surface area contributed by atoms with Crippen molar-refractivity contribution in [1.82, 2.24) is 4.90 Å². The molecule has 1 saturated heterocycles. The van der Waals surface area contributed by atoms with Gasteiger partial charge in [-0.3, -0.25) is 4.79 Å². The second kappa shape index (κ2) is 6.86. The summed E-state index contributed by atoms with van der Waals surface area (Å²) in [5.41, 5.74) is 0. The van der Waals surface area contributed by atoms with Crippen molar-refractivity contribution in [3.05, 3.63) is 0 Å². The Kier molecular flexibility index (Phi) is 5.77. The lowest BCUT2D eigenvalue weighted by molar-refractivity contribution is -0.141. The van der Waals surface area contributed by atoms with Crippen LogP contribution in [0, 0.1) is 5.92 Å². The van der Waals surface area contributed by atoms with E-state index < -0.39 is 0 Å². The van der Waals surface area contributed by atoms with Crippen LogP contribution in [-0.4, -0.2) is 48.3 Å². The van der Waals surface area contributed by atoms with Gasteiger partial charge in [-0.15, -0.1) is 0 Å². The molecule has 1 N–H and O–H groups in total. The number of nitrogens with zero attached hydrogens (tertiary/aromatic N) is 1. The van der Waals surface area contributed by atoms with Crippen LogP contribution >= 0.6 is 0 Å². The number of carbonyl (C=O) groups is 1. The third-order valence-electron chi connectivity index (χ3n) is 3.07. The van der Waals surface area contributed by atoms with Gasteiger partial charge in [0.15, 0.2) is 0 Å². The van der Waals surface area contributed by atoms with Crippen molar-refractivity contribution in [2.75, 3.05) is 26.3 Å². The molecule has 0 radical (unpaired) electrons. The summed E-state index contributed by atoms with van der Waals surface area (Å²) in [7, 11) is 0. The molecule has 1 aliphatic heterocycles. The van der Waals surface area contributed by atoms with Crippen LogP contribution in [0.3, 0.4) is 0 Å². The SMILES string of the molecule is CCCCOC(C)C(=O)N1CCC(CO)C1. The largest absolute Gasteiger partial charge is 0.396 e. The molecule has 0 aromatic rings. The molecule has 1 fully saturated rings. The average Bonchev–Trinajstić information content (AvgIpc) is 2.76. The minimum Gasteiger partial charge on any atom is -0.396 e. The summed E-state index contributed by atoms with van der Waals surface area (Å²) in [5.74, 6) is 0.318. The van der Waals surface area contributed by atoms with E-state index in [0.29, 0.717) is 13.2 Å². The summed E-state index contributed by atoms with van der Waals surface area (Å²) in [6, 6.07) is 0. The van der Waals surface area contributed by atoms with Gasteiger partial charge in [0.1, 0.15) is 6.10 Å². The lowest BCUT2D eigenvalue weighted by Gasteiger charge is -2.21. The first kappa shape index (κ1) is 13.5. The second-order valence-electron chi connectivity index (χ2n) is 4.49. The topological polar surface area (TPSA) is 49.8 Å². The molecule has 2 unspecified atom stereocenters. The first-order chi connectivity index (χ1) is 7.69. The van der Waals surface area contributed by atoms with Gasteiger partial charge in [0, 0.05) is 32.2 Å². The fourth-order valence-corrected chi connectivity index (χ4v) is 1.91. The number of amides is 1. The molecule has 1 aliphatic rings. The number of ether oxygens (including phenoxy) is 1. The summed E-state index contributed by atoms with van der Waals surface area (Å²) >= 11 is 0. The number of rotatable bonds is 6. The molecule has 0 aromatic heterocycles. The molecule has 1 heterocycles. The van der Waals surface area contributed by atoms with Crippen LogP contribution in [0.25, 0.3) is 0 Å². The Morgan fingerprint density at radius 3 is 2.94 bits per heavy atom. The number of hydrogen-bond donors (Lipinski definition) is 1. The van der Waals surface area contributed by atoms with E-state index in [2.05, 4.69) is 6.92 Å². The fraction of sp³-hybridized carbons (Fsp3) is 0.917. The van der Waals surface area contributed by atoms with E-state index in [1.54, 1.807) is 4.90 Å². The lowest BCUT2D eigenvalue weighted by Crippen LogP contribution is -2.38. The molecule has 0 aliphatic carbocycles. The number of aliphatic hydroxyl groups excluding tert-OH is 1. The Morgan fingerprint density at radius 1 is 1.62 bits per heavy atom. The Morgan fingerprint density at radius 2 is 2.38 bits per heavy atom. The van der Waals surface area contributed by atoms with Crippen molar-refractivity contribution in [2.45, 2.75) is 39.2 Å². The van der Waals surface area contributed by atoms with E-state index in [4.69, 9.17) is 9.84 Å². The number of likely N-dealkylation sites (tertiary alicyclic amines) is 1. The zero-order valence-corrected chi connectivity index (χ0v) is 10.3. The Bertz CT molecular complexity index is 220. The van der Waals surface area contributed by atoms with E-state index >= 15 is 0 Å². The third-order valence-corrected chi connectivity index (χ3v) is 3.07. The maximum Gasteiger partial charge on any atom is 0.251 e. The number of aliphatic hydroxyl groups is 1. The maximum atomic E-state index is 11.9. The van der Waals surface area contributed by atoms with E-state index in [0.717, 1.165) is 25.8 Å². The number of unbranched alkanes of at least 4 members (excludes halogenated alkanes) is 1. The molecule has 94 valence electrons. The van der Waals surface area contributed by atoms with E-state index in [-0.39, 0.29) is 24.5 Å². The molecule has 0 spiro atoms. The monoisotopic (exact) mass is 229 g/mol. The molecule has 4 heteroatoms. The van der Waals surface area contributed by atoms with Crippen molar-refractivity contribution in [1.29, 1.82) is 0 Å². The van der Waals surface area contributed by atoms with Gasteiger partial charge in [0.2, 0.25) is 0 Å². The van der Waals surface area contributed by atoms with Crippen LogP contribution in [0.15, 0.2) is 0 Å². The van der Waals surface area contributed by atoms with Gasteiger partial charge < -0.3 is 14.7 Å². The third kappa shape index (κ3) is 3.76. The highest BCUT2D eigenvalue weighted by molar-refractivity contribution is 5.80. The Labute approximate surface area is 97.6 Å². The minimum atomic E-state index is -0.344. The second-order valence-corrected chi connectivity index (χ2v) is 4.49. The van der Waals surface area contributed by atoms with Gasteiger partial charge in [-0.05, 0) is 19.8 Å². The van der Waals surface area contributed by atoms with Gasteiger partial charge in [0.25, 0.3) is 5.91 Å². The summed E-state index contributed by atoms with van der Waals surface area (Å²) in [4.78, 5) is 13.7.